The highest BCUT2D eigenvalue weighted by Crippen LogP contribution is 2.23. The highest BCUT2D eigenvalue weighted by molar-refractivity contribution is 6.33. The Bertz CT molecular complexity index is 1080. The van der Waals surface area contributed by atoms with E-state index in [-0.39, 0.29) is 0 Å². The van der Waals surface area contributed by atoms with Gasteiger partial charge in [0.2, 0.25) is 0 Å². The lowest BCUT2D eigenvalue weighted by Gasteiger charge is -2.13. The van der Waals surface area contributed by atoms with Crippen molar-refractivity contribution in [2.24, 2.45) is 0 Å². The maximum Gasteiger partial charge on any atom is 0.331 e. The fraction of sp³-hybridized carbons (Fsp3) is 0.130. The molecule has 0 saturated carbocycles. The van der Waals surface area contributed by atoms with Crippen molar-refractivity contribution in [1.82, 2.24) is 0 Å². The molecule has 1 amide bonds. The summed E-state index contributed by atoms with van der Waals surface area (Å²) in [6.07, 6.45) is 1.97. The summed E-state index contributed by atoms with van der Waals surface area (Å²) in [4.78, 5) is 24.3. The largest absolute Gasteiger partial charge is 0.497 e. The Balaban J connectivity index is 1.60. The van der Waals surface area contributed by atoms with Crippen LogP contribution in [0.15, 0.2) is 66.7 Å². The summed E-state index contributed by atoms with van der Waals surface area (Å²) < 4.78 is 10.4. The van der Waals surface area contributed by atoms with E-state index < -0.39 is 18.0 Å². The van der Waals surface area contributed by atoms with Crippen molar-refractivity contribution in [3.63, 3.8) is 0 Å². The van der Waals surface area contributed by atoms with Gasteiger partial charge < -0.3 is 14.8 Å². The van der Waals surface area contributed by atoms with Gasteiger partial charge >= 0.3 is 5.97 Å². The van der Waals surface area contributed by atoms with Crippen LogP contribution in [0.4, 0.5) is 5.69 Å². The summed E-state index contributed by atoms with van der Waals surface area (Å²) in [6, 6.07) is 18.4. The maximum atomic E-state index is 12.2. The third-order valence-corrected chi connectivity index (χ3v) is 4.61. The molecule has 0 radical (unpaired) electrons. The van der Waals surface area contributed by atoms with Crippen LogP contribution in [0.25, 0.3) is 16.8 Å². The SMILES string of the molecule is COc1ccc2cc(/C=C/C(=O)O[C@@H](C)C(=O)Nc3ccccc3Cl)ccc2c1. The molecule has 0 spiro atoms. The minimum absolute atomic E-state index is 0.410. The van der Waals surface area contributed by atoms with E-state index in [1.807, 2.05) is 36.4 Å². The van der Waals surface area contributed by atoms with Crippen LogP contribution >= 0.6 is 11.6 Å². The number of halogens is 1. The number of ether oxygens (including phenoxy) is 2. The predicted octanol–water partition coefficient (Wildman–Crippen LogP) is 5.09. The molecule has 0 aromatic heterocycles. The van der Waals surface area contributed by atoms with Crippen molar-refractivity contribution in [2.75, 3.05) is 12.4 Å². The van der Waals surface area contributed by atoms with E-state index in [4.69, 9.17) is 21.1 Å². The molecular weight excluding hydrogens is 390 g/mol. The third kappa shape index (κ3) is 5.36. The molecule has 0 saturated heterocycles. The molecule has 0 aliphatic heterocycles. The zero-order valence-electron chi connectivity index (χ0n) is 16.0. The molecule has 5 nitrogen and oxygen atoms in total. The van der Waals surface area contributed by atoms with Gasteiger partial charge in [-0.3, -0.25) is 4.79 Å². The lowest BCUT2D eigenvalue weighted by Crippen LogP contribution is -2.29. The summed E-state index contributed by atoms with van der Waals surface area (Å²) in [5.41, 5.74) is 1.30. The van der Waals surface area contributed by atoms with E-state index in [9.17, 15) is 9.59 Å². The molecule has 3 aromatic carbocycles. The van der Waals surface area contributed by atoms with Crippen molar-refractivity contribution < 1.29 is 19.1 Å². The van der Waals surface area contributed by atoms with Crippen molar-refractivity contribution in [3.05, 3.63) is 77.3 Å². The van der Waals surface area contributed by atoms with E-state index in [0.29, 0.717) is 10.7 Å². The molecule has 6 heteroatoms. The average molecular weight is 410 g/mol. The molecule has 0 unspecified atom stereocenters. The Morgan fingerprint density at radius 2 is 1.76 bits per heavy atom. The number of anilines is 1. The normalized spacial score (nSPS) is 12.0. The number of para-hydroxylation sites is 1. The van der Waals surface area contributed by atoms with Gasteiger partial charge in [-0.1, -0.05) is 41.9 Å². The molecule has 3 rings (SSSR count). The molecule has 0 fully saturated rings. The van der Waals surface area contributed by atoms with Gasteiger partial charge in [0.25, 0.3) is 5.91 Å². The number of fused-ring (bicyclic) bond motifs is 1. The lowest BCUT2D eigenvalue weighted by molar-refractivity contribution is -0.148. The van der Waals surface area contributed by atoms with Crippen LogP contribution in [-0.2, 0) is 14.3 Å². The second-order valence-corrected chi connectivity index (χ2v) is 6.76. The Morgan fingerprint density at radius 3 is 2.52 bits per heavy atom. The molecule has 3 aromatic rings. The Labute approximate surface area is 173 Å². The van der Waals surface area contributed by atoms with E-state index in [2.05, 4.69) is 5.32 Å². The van der Waals surface area contributed by atoms with Crippen LogP contribution in [0.2, 0.25) is 5.02 Å². The van der Waals surface area contributed by atoms with E-state index in [1.54, 1.807) is 37.5 Å². The van der Waals surface area contributed by atoms with E-state index >= 15 is 0 Å². The number of benzene rings is 3. The molecule has 0 aliphatic rings. The Morgan fingerprint density at radius 1 is 1.03 bits per heavy atom. The number of amides is 1. The molecule has 29 heavy (non-hydrogen) atoms. The van der Waals surface area contributed by atoms with Gasteiger partial charge in [-0.2, -0.15) is 0 Å². The first-order chi connectivity index (χ1) is 14.0. The van der Waals surface area contributed by atoms with E-state index in [0.717, 1.165) is 22.1 Å². The number of nitrogens with one attached hydrogen (secondary N) is 1. The van der Waals surface area contributed by atoms with E-state index in [1.165, 1.54) is 13.0 Å². The maximum absolute atomic E-state index is 12.2. The molecule has 0 aliphatic carbocycles. The number of carbonyl (C=O) groups excluding carboxylic acids is 2. The summed E-state index contributed by atoms with van der Waals surface area (Å²) in [5, 5.41) is 5.10. The highest BCUT2D eigenvalue weighted by atomic mass is 35.5. The summed E-state index contributed by atoms with van der Waals surface area (Å²) >= 11 is 6.01. The smallest absolute Gasteiger partial charge is 0.331 e. The van der Waals surface area contributed by atoms with Gasteiger partial charge in [0.05, 0.1) is 17.8 Å². The van der Waals surface area contributed by atoms with Gasteiger partial charge in [-0.15, -0.1) is 0 Å². The first-order valence-electron chi connectivity index (χ1n) is 8.98. The highest BCUT2D eigenvalue weighted by Gasteiger charge is 2.17. The molecular formula is C23H20ClNO4. The quantitative estimate of drug-likeness (QED) is 0.455. The first kappa shape index (κ1) is 20.4. The number of methoxy groups -OCH3 is 1. The van der Waals surface area contributed by atoms with Crippen LogP contribution in [0.3, 0.4) is 0 Å². The molecule has 0 heterocycles. The fourth-order valence-electron chi connectivity index (χ4n) is 2.70. The molecule has 1 N–H and O–H groups in total. The minimum atomic E-state index is -0.965. The van der Waals surface area contributed by atoms with Crippen molar-refractivity contribution in [1.29, 1.82) is 0 Å². The zero-order valence-corrected chi connectivity index (χ0v) is 16.8. The van der Waals surface area contributed by atoms with Gasteiger partial charge in [0.15, 0.2) is 6.10 Å². The van der Waals surface area contributed by atoms with Crippen LogP contribution in [0.5, 0.6) is 5.75 Å². The summed E-state index contributed by atoms with van der Waals surface area (Å²) in [6.45, 7) is 1.50. The average Bonchev–Trinajstić information content (AvgIpc) is 2.73. The lowest BCUT2D eigenvalue weighted by atomic mass is 10.1. The first-order valence-corrected chi connectivity index (χ1v) is 9.36. The Hall–Kier alpha value is -3.31. The number of carbonyl (C=O) groups is 2. The monoisotopic (exact) mass is 409 g/mol. The van der Waals surface area contributed by atoms with Gasteiger partial charge in [-0.25, -0.2) is 4.79 Å². The second-order valence-electron chi connectivity index (χ2n) is 6.35. The van der Waals surface area contributed by atoms with Crippen LogP contribution in [-0.4, -0.2) is 25.1 Å². The second kappa shape index (κ2) is 9.26. The minimum Gasteiger partial charge on any atom is -0.497 e. The van der Waals surface area contributed by atoms with Crippen molar-refractivity contribution >= 4 is 46.0 Å². The number of hydrogen-bond donors (Lipinski definition) is 1. The van der Waals surface area contributed by atoms with Crippen molar-refractivity contribution in [3.8, 4) is 5.75 Å². The zero-order chi connectivity index (χ0) is 20.8. The van der Waals surface area contributed by atoms with Crippen LogP contribution < -0.4 is 10.1 Å². The molecule has 0 bridgehead atoms. The molecule has 148 valence electrons. The number of esters is 1. The van der Waals surface area contributed by atoms with Gasteiger partial charge in [-0.05, 0) is 59.7 Å². The van der Waals surface area contributed by atoms with Crippen LogP contribution in [0, 0.1) is 0 Å². The predicted molar refractivity (Wildman–Crippen MR) is 115 cm³/mol. The van der Waals surface area contributed by atoms with Gasteiger partial charge in [0.1, 0.15) is 5.75 Å². The topological polar surface area (TPSA) is 64.6 Å². The van der Waals surface area contributed by atoms with Crippen molar-refractivity contribution in [2.45, 2.75) is 13.0 Å². The summed E-state index contributed by atoms with van der Waals surface area (Å²) in [7, 11) is 1.62. The Kier molecular flexibility index (Phi) is 6.52. The number of rotatable bonds is 6. The third-order valence-electron chi connectivity index (χ3n) is 4.28. The summed E-state index contributed by atoms with van der Waals surface area (Å²) in [5.74, 6) is -0.283. The molecule has 1 atom stereocenters. The standard InChI is InChI=1S/C23H20ClNO4/c1-15(23(27)25-21-6-4-3-5-20(21)24)29-22(26)12-8-16-7-9-18-14-19(28-2)11-10-17(18)13-16/h3-15H,1-2H3,(H,25,27)/b12-8+/t15-/m0/s1. The number of hydrogen-bond acceptors (Lipinski definition) is 4. The van der Waals surface area contributed by atoms with Crippen LogP contribution in [0.1, 0.15) is 12.5 Å². The fourth-order valence-corrected chi connectivity index (χ4v) is 2.88. The van der Waals surface area contributed by atoms with Gasteiger partial charge in [0, 0.05) is 6.08 Å².